The molecule has 0 spiro atoms. The quantitative estimate of drug-likeness (QED) is 0.248. The highest BCUT2D eigenvalue weighted by atomic mass is 31.2. The van der Waals surface area contributed by atoms with Crippen LogP contribution in [0.15, 0.2) is 0 Å². The van der Waals surface area contributed by atoms with Gasteiger partial charge in [-0.25, -0.2) is 0 Å². The van der Waals surface area contributed by atoms with Gasteiger partial charge >= 0.3 is 11.9 Å². The molecule has 0 aromatic heterocycles. The van der Waals surface area contributed by atoms with E-state index in [9.17, 15) is 9.59 Å². The second kappa shape index (κ2) is 11.4. The Morgan fingerprint density at radius 1 is 1.09 bits per heavy atom. The zero-order chi connectivity index (χ0) is 17.0. The summed E-state index contributed by atoms with van der Waals surface area (Å²) in [6.45, 7) is 7.14. The largest absolute Gasteiger partial charge is 0.465 e. The molecule has 0 aromatic rings. The first kappa shape index (κ1) is 20.8. The fourth-order valence-corrected chi connectivity index (χ4v) is 2.41. The van der Waals surface area contributed by atoms with Crippen LogP contribution in [-0.2, 0) is 28.1 Å². The molecule has 0 saturated carbocycles. The Morgan fingerprint density at radius 3 is 2.05 bits per heavy atom. The van der Waals surface area contributed by atoms with E-state index < -0.39 is 25.7 Å². The second-order valence-corrected chi connectivity index (χ2v) is 5.73. The lowest BCUT2D eigenvalue weighted by Crippen LogP contribution is -2.45. The molecule has 0 rings (SSSR count). The highest BCUT2D eigenvalue weighted by Crippen LogP contribution is 2.38. The molecule has 0 saturated heterocycles. The lowest BCUT2D eigenvalue weighted by molar-refractivity contribution is -0.174. The molecule has 8 heteroatoms. The van der Waals surface area contributed by atoms with Gasteiger partial charge in [-0.2, -0.15) is 5.26 Å². The van der Waals surface area contributed by atoms with E-state index in [4.69, 9.17) is 23.8 Å². The molecule has 0 bridgehead atoms. The van der Waals surface area contributed by atoms with E-state index in [2.05, 4.69) is 0 Å². The molecule has 0 aliphatic heterocycles. The lowest BCUT2D eigenvalue weighted by atomic mass is 9.86. The Bertz CT molecular complexity index is 377. The van der Waals surface area contributed by atoms with Gasteiger partial charge in [0, 0.05) is 6.66 Å². The third-order valence-electron chi connectivity index (χ3n) is 2.92. The monoisotopic (exact) mass is 333 g/mol. The van der Waals surface area contributed by atoms with Crippen LogP contribution in [0.5, 0.6) is 0 Å². The molecule has 126 valence electrons. The molecule has 0 heterocycles. The first-order valence-corrected chi connectivity index (χ1v) is 8.81. The normalized spacial score (nSPS) is 12.3. The van der Waals surface area contributed by atoms with Crippen LogP contribution < -0.4 is 0 Å². The zero-order valence-corrected chi connectivity index (χ0v) is 14.5. The van der Waals surface area contributed by atoms with E-state index in [0.717, 1.165) is 0 Å². The Morgan fingerprint density at radius 2 is 1.64 bits per heavy atom. The maximum Gasteiger partial charge on any atom is 0.325 e. The van der Waals surface area contributed by atoms with E-state index in [1.165, 1.54) is 0 Å². The van der Waals surface area contributed by atoms with Crippen LogP contribution in [0.4, 0.5) is 0 Å². The molecule has 22 heavy (non-hydrogen) atoms. The summed E-state index contributed by atoms with van der Waals surface area (Å²) in [5.41, 5.74) is -1.48. The smallest absolute Gasteiger partial charge is 0.325 e. The number of hydrogen-bond donors (Lipinski definition) is 0. The first-order valence-electron chi connectivity index (χ1n) is 7.19. The van der Waals surface area contributed by atoms with E-state index in [0.29, 0.717) is 0 Å². The predicted molar refractivity (Wildman–Crippen MR) is 81.0 cm³/mol. The molecule has 0 aliphatic rings. The molecule has 7 nitrogen and oxygen atoms in total. The highest BCUT2D eigenvalue weighted by molar-refractivity contribution is 7.46. The van der Waals surface area contributed by atoms with Gasteiger partial charge in [-0.05, 0) is 20.3 Å². The van der Waals surface area contributed by atoms with Crippen molar-refractivity contribution in [1.29, 1.82) is 5.26 Å². The number of esters is 2. The van der Waals surface area contributed by atoms with Crippen molar-refractivity contribution in [2.75, 3.05) is 33.1 Å². The van der Waals surface area contributed by atoms with E-state index in [1.54, 1.807) is 27.4 Å². The molecule has 1 atom stereocenters. The predicted octanol–water partition coefficient (Wildman–Crippen LogP) is 2.40. The standard InChI is InChI=1S/C14H24NO6P/c1-5-14(12(16)18-6-2,13(17)19-7-3)11-21-22(4)20-10-8-9-15/h5-8,10-11H2,1-4H3. The summed E-state index contributed by atoms with van der Waals surface area (Å²) in [5.74, 6) is -1.31. The maximum absolute atomic E-state index is 12.2. The van der Waals surface area contributed by atoms with Crippen molar-refractivity contribution < 1.29 is 28.1 Å². The number of nitriles is 1. The van der Waals surface area contributed by atoms with Crippen molar-refractivity contribution in [3.8, 4) is 6.07 Å². The molecule has 0 radical (unpaired) electrons. The maximum atomic E-state index is 12.2. The summed E-state index contributed by atoms with van der Waals surface area (Å²) in [4.78, 5) is 24.4. The van der Waals surface area contributed by atoms with Crippen molar-refractivity contribution >= 4 is 20.3 Å². The minimum absolute atomic E-state index is 0.166. The number of carbonyl (C=O) groups excluding carboxylic acids is 2. The number of hydrogen-bond acceptors (Lipinski definition) is 7. The van der Waals surface area contributed by atoms with Gasteiger partial charge in [0.1, 0.15) is 0 Å². The Hall–Kier alpha value is -1.22. The Kier molecular flexibility index (Phi) is 10.7. The topological polar surface area (TPSA) is 94.9 Å². The van der Waals surface area contributed by atoms with E-state index >= 15 is 0 Å². The van der Waals surface area contributed by atoms with Gasteiger partial charge in [-0.15, -0.1) is 0 Å². The van der Waals surface area contributed by atoms with Gasteiger partial charge in [0.05, 0.1) is 38.9 Å². The van der Waals surface area contributed by atoms with Crippen LogP contribution in [0.2, 0.25) is 0 Å². The third-order valence-corrected chi connectivity index (χ3v) is 3.95. The average molecular weight is 333 g/mol. The van der Waals surface area contributed by atoms with Crippen molar-refractivity contribution in [2.24, 2.45) is 5.41 Å². The lowest BCUT2D eigenvalue weighted by Gasteiger charge is -2.28. The van der Waals surface area contributed by atoms with Crippen LogP contribution in [-0.4, -0.2) is 45.0 Å². The molecular formula is C14H24NO6P. The molecule has 0 amide bonds. The molecule has 0 aliphatic carbocycles. The van der Waals surface area contributed by atoms with Crippen LogP contribution in [0.3, 0.4) is 0 Å². The fourth-order valence-electron chi connectivity index (χ4n) is 1.59. The first-order chi connectivity index (χ1) is 10.5. The summed E-state index contributed by atoms with van der Waals surface area (Å²) in [7, 11) is -1.30. The van der Waals surface area contributed by atoms with Crippen LogP contribution in [0.25, 0.3) is 0 Å². The highest BCUT2D eigenvalue weighted by Gasteiger charge is 2.48. The molecule has 0 N–H and O–H groups in total. The van der Waals surface area contributed by atoms with Gasteiger partial charge in [0.2, 0.25) is 0 Å². The van der Waals surface area contributed by atoms with Crippen LogP contribution >= 0.6 is 8.38 Å². The molecular weight excluding hydrogens is 309 g/mol. The summed E-state index contributed by atoms with van der Waals surface area (Å²) >= 11 is 0. The van der Waals surface area contributed by atoms with Crippen molar-refractivity contribution in [3.05, 3.63) is 0 Å². The summed E-state index contributed by atoms with van der Waals surface area (Å²) < 4.78 is 20.8. The minimum atomic E-state index is -1.48. The second-order valence-electron chi connectivity index (χ2n) is 4.33. The van der Waals surface area contributed by atoms with E-state index in [1.807, 2.05) is 6.07 Å². The summed E-state index contributed by atoms with van der Waals surface area (Å²) in [6, 6.07) is 1.96. The van der Waals surface area contributed by atoms with E-state index in [-0.39, 0.29) is 39.3 Å². The zero-order valence-electron chi connectivity index (χ0n) is 13.6. The number of nitrogens with zero attached hydrogens (tertiary/aromatic N) is 1. The third kappa shape index (κ3) is 6.27. The Labute approximate surface area is 132 Å². The number of ether oxygens (including phenoxy) is 2. The number of carbonyl (C=O) groups is 2. The van der Waals surface area contributed by atoms with Gasteiger partial charge in [0.25, 0.3) is 0 Å². The molecule has 0 aromatic carbocycles. The van der Waals surface area contributed by atoms with Gasteiger partial charge in [-0.1, -0.05) is 6.92 Å². The number of rotatable bonds is 11. The minimum Gasteiger partial charge on any atom is -0.465 e. The van der Waals surface area contributed by atoms with Crippen molar-refractivity contribution in [3.63, 3.8) is 0 Å². The van der Waals surface area contributed by atoms with Gasteiger partial charge in [0.15, 0.2) is 13.8 Å². The average Bonchev–Trinajstić information content (AvgIpc) is 2.49. The SMILES string of the molecule is CCOC(=O)C(CC)(COP(C)OCCC#N)C(=O)OCC. The van der Waals surface area contributed by atoms with Crippen LogP contribution in [0, 0.1) is 16.7 Å². The summed E-state index contributed by atoms with van der Waals surface area (Å²) in [6.07, 6.45) is 0.455. The summed E-state index contributed by atoms with van der Waals surface area (Å²) in [5, 5.41) is 8.45. The fraction of sp³-hybridized carbons (Fsp3) is 0.786. The van der Waals surface area contributed by atoms with Gasteiger partial charge < -0.3 is 18.5 Å². The Balaban J connectivity index is 4.88. The molecule has 1 unspecified atom stereocenters. The van der Waals surface area contributed by atoms with Gasteiger partial charge in [-0.3, -0.25) is 9.59 Å². The van der Waals surface area contributed by atoms with Crippen molar-refractivity contribution in [1.82, 2.24) is 0 Å². The molecule has 0 fully saturated rings. The van der Waals surface area contributed by atoms with Crippen molar-refractivity contribution in [2.45, 2.75) is 33.6 Å². The van der Waals surface area contributed by atoms with Crippen LogP contribution in [0.1, 0.15) is 33.6 Å².